The molecule has 1 atom stereocenters. The fourth-order valence-corrected chi connectivity index (χ4v) is 3.58. The average Bonchev–Trinajstić information content (AvgIpc) is 3.19. The molecular formula is C20H19ClN4O2. The number of carbonyl (C=O) groups is 2. The monoisotopic (exact) mass is 382 g/mol. The van der Waals surface area contributed by atoms with E-state index in [0.717, 1.165) is 22.5 Å². The van der Waals surface area contributed by atoms with Crippen molar-refractivity contribution in [3.8, 4) is 0 Å². The minimum atomic E-state index is -0.215. The maximum atomic E-state index is 13.0. The number of anilines is 1. The number of amides is 2. The van der Waals surface area contributed by atoms with E-state index in [0.29, 0.717) is 29.2 Å². The summed E-state index contributed by atoms with van der Waals surface area (Å²) in [5.74, 6) is -0.210. The van der Waals surface area contributed by atoms with Crippen LogP contribution in [0, 0.1) is 0 Å². The van der Waals surface area contributed by atoms with Gasteiger partial charge in [-0.3, -0.25) is 14.0 Å². The van der Waals surface area contributed by atoms with Crippen LogP contribution < -0.4 is 10.6 Å². The highest BCUT2D eigenvalue weighted by Crippen LogP contribution is 2.27. The van der Waals surface area contributed by atoms with Gasteiger partial charge < -0.3 is 10.6 Å². The molecule has 4 rings (SSSR count). The molecule has 7 heteroatoms. The molecule has 0 bridgehead atoms. The number of nitrogens with one attached hydrogen (secondary N) is 2. The molecule has 2 N–H and O–H groups in total. The number of nitrogens with zero attached hydrogens (tertiary/aromatic N) is 2. The number of rotatable bonds is 4. The Kier molecular flexibility index (Phi) is 4.36. The van der Waals surface area contributed by atoms with Gasteiger partial charge in [0.2, 0.25) is 5.91 Å². The third-order valence-electron chi connectivity index (χ3n) is 4.81. The first-order valence-corrected chi connectivity index (χ1v) is 9.24. The molecule has 138 valence electrons. The normalized spacial score (nSPS) is 14.1. The fourth-order valence-electron chi connectivity index (χ4n) is 3.42. The zero-order valence-electron chi connectivity index (χ0n) is 15.0. The zero-order valence-corrected chi connectivity index (χ0v) is 15.8. The van der Waals surface area contributed by atoms with Gasteiger partial charge in [-0.2, -0.15) is 0 Å². The Balaban J connectivity index is 1.63. The van der Waals surface area contributed by atoms with E-state index in [9.17, 15) is 9.59 Å². The van der Waals surface area contributed by atoms with Gasteiger partial charge in [-0.1, -0.05) is 30.7 Å². The van der Waals surface area contributed by atoms with E-state index < -0.39 is 0 Å². The second-order valence-electron chi connectivity index (χ2n) is 6.67. The second-order valence-corrected chi connectivity index (χ2v) is 7.11. The molecule has 0 fully saturated rings. The first-order chi connectivity index (χ1) is 13.0. The lowest BCUT2D eigenvalue weighted by Crippen LogP contribution is -2.28. The molecule has 2 aromatic heterocycles. The molecule has 0 aliphatic carbocycles. The van der Waals surface area contributed by atoms with E-state index >= 15 is 0 Å². The van der Waals surface area contributed by atoms with Gasteiger partial charge in [-0.05, 0) is 42.7 Å². The third-order valence-corrected chi connectivity index (χ3v) is 5.03. The summed E-state index contributed by atoms with van der Waals surface area (Å²) < 4.78 is 1.73. The molecule has 3 heterocycles. The minimum absolute atomic E-state index is 0.00552. The maximum Gasteiger partial charge on any atom is 0.270 e. The summed E-state index contributed by atoms with van der Waals surface area (Å²) in [6.07, 6.45) is 2.72. The van der Waals surface area contributed by atoms with Crippen LogP contribution >= 0.6 is 11.6 Å². The summed E-state index contributed by atoms with van der Waals surface area (Å²) in [4.78, 5) is 29.1. The molecular weight excluding hydrogens is 364 g/mol. The number of hydrogen-bond donors (Lipinski definition) is 2. The lowest BCUT2D eigenvalue weighted by molar-refractivity contribution is -0.115. The van der Waals surface area contributed by atoms with Crippen molar-refractivity contribution in [1.29, 1.82) is 0 Å². The molecule has 0 spiro atoms. The van der Waals surface area contributed by atoms with E-state index in [-0.39, 0.29) is 17.9 Å². The molecule has 6 nitrogen and oxygen atoms in total. The van der Waals surface area contributed by atoms with Crippen LogP contribution in [-0.2, 0) is 17.6 Å². The number of hydrogen-bond acceptors (Lipinski definition) is 3. The van der Waals surface area contributed by atoms with Crippen molar-refractivity contribution in [2.24, 2.45) is 0 Å². The van der Waals surface area contributed by atoms with Crippen molar-refractivity contribution in [3.05, 3.63) is 64.1 Å². The Morgan fingerprint density at radius 3 is 2.96 bits per heavy atom. The number of aromatic nitrogens is 2. The van der Waals surface area contributed by atoms with Gasteiger partial charge in [0.05, 0.1) is 23.2 Å². The molecule has 27 heavy (non-hydrogen) atoms. The number of carbonyl (C=O) groups excluding carboxylic acids is 2. The van der Waals surface area contributed by atoms with Crippen molar-refractivity contribution in [3.63, 3.8) is 0 Å². The Hall–Kier alpha value is -2.86. The molecule has 3 aromatic rings. The molecule has 1 aliphatic heterocycles. The summed E-state index contributed by atoms with van der Waals surface area (Å²) in [5, 5.41) is 6.40. The summed E-state index contributed by atoms with van der Waals surface area (Å²) in [6.45, 7) is 3.89. The maximum absolute atomic E-state index is 13.0. The summed E-state index contributed by atoms with van der Waals surface area (Å²) in [7, 11) is 0. The molecule has 2 amide bonds. The van der Waals surface area contributed by atoms with Gasteiger partial charge >= 0.3 is 0 Å². The van der Waals surface area contributed by atoms with Crippen LogP contribution in [0.2, 0.25) is 5.02 Å². The average molecular weight is 383 g/mol. The topological polar surface area (TPSA) is 75.5 Å². The Morgan fingerprint density at radius 1 is 1.37 bits per heavy atom. The Bertz CT molecular complexity index is 1070. The highest BCUT2D eigenvalue weighted by molar-refractivity contribution is 6.30. The summed E-state index contributed by atoms with van der Waals surface area (Å²) >= 11 is 6.10. The highest BCUT2D eigenvalue weighted by atomic mass is 35.5. The third kappa shape index (κ3) is 3.17. The predicted octanol–water partition coefficient (Wildman–Crippen LogP) is 3.54. The molecule has 1 unspecified atom stereocenters. The molecule has 0 saturated heterocycles. The van der Waals surface area contributed by atoms with Crippen molar-refractivity contribution in [2.75, 3.05) is 5.32 Å². The van der Waals surface area contributed by atoms with Crippen LogP contribution in [0.15, 0.2) is 36.5 Å². The fraction of sp³-hybridized carbons (Fsp3) is 0.250. The molecule has 0 radical (unpaired) electrons. The largest absolute Gasteiger partial charge is 0.344 e. The molecule has 1 aliphatic rings. The summed E-state index contributed by atoms with van der Waals surface area (Å²) in [5.41, 5.74) is 4.66. The van der Waals surface area contributed by atoms with E-state index in [4.69, 9.17) is 11.6 Å². The predicted molar refractivity (Wildman–Crippen MR) is 104 cm³/mol. The molecule has 0 saturated carbocycles. The Morgan fingerprint density at radius 2 is 2.19 bits per heavy atom. The van der Waals surface area contributed by atoms with E-state index in [1.54, 1.807) is 22.7 Å². The quantitative estimate of drug-likeness (QED) is 0.724. The van der Waals surface area contributed by atoms with Crippen LogP contribution in [-0.4, -0.2) is 21.2 Å². The van der Waals surface area contributed by atoms with Gasteiger partial charge in [0, 0.05) is 11.9 Å². The first-order valence-electron chi connectivity index (χ1n) is 8.86. The summed E-state index contributed by atoms with van der Waals surface area (Å²) in [6, 6.07) is 9.10. The van der Waals surface area contributed by atoms with Crippen LogP contribution in [0.1, 0.15) is 47.2 Å². The lowest BCUT2D eigenvalue weighted by atomic mass is 10.0. The minimum Gasteiger partial charge on any atom is -0.344 e. The van der Waals surface area contributed by atoms with Crippen LogP contribution in [0.25, 0.3) is 5.65 Å². The molecule has 1 aromatic carbocycles. The number of benzene rings is 1. The number of aryl methyl sites for hydroxylation is 1. The van der Waals surface area contributed by atoms with Gasteiger partial charge in [-0.25, -0.2) is 4.98 Å². The van der Waals surface area contributed by atoms with Gasteiger partial charge in [0.1, 0.15) is 11.3 Å². The number of halogens is 1. The number of pyridine rings is 1. The van der Waals surface area contributed by atoms with Crippen molar-refractivity contribution in [2.45, 2.75) is 32.7 Å². The smallest absolute Gasteiger partial charge is 0.270 e. The van der Waals surface area contributed by atoms with Crippen LogP contribution in [0.3, 0.4) is 0 Å². The van der Waals surface area contributed by atoms with Crippen LogP contribution in [0.4, 0.5) is 5.69 Å². The van der Waals surface area contributed by atoms with Gasteiger partial charge in [-0.15, -0.1) is 0 Å². The highest BCUT2D eigenvalue weighted by Gasteiger charge is 2.22. The zero-order chi connectivity index (χ0) is 19.1. The SMILES string of the molecule is CCc1nc2ccc(Cl)cn2c1C(=O)NC(C)c1ccc2c(c1)CC(=O)N2. The Labute approximate surface area is 161 Å². The second kappa shape index (κ2) is 6.70. The number of fused-ring (bicyclic) bond motifs is 2. The van der Waals surface area contributed by atoms with Crippen molar-refractivity contribution >= 4 is 34.7 Å². The van der Waals surface area contributed by atoms with Gasteiger partial charge in [0.25, 0.3) is 5.91 Å². The van der Waals surface area contributed by atoms with E-state index in [1.165, 1.54) is 0 Å². The van der Waals surface area contributed by atoms with Crippen molar-refractivity contribution < 1.29 is 9.59 Å². The lowest BCUT2D eigenvalue weighted by Gasteiger charge is -2.16. The van der Waals surface area contributed by atoms with Gasteiger partial charge in [0.15, 0.2) is 0 Å². The van der Waals surface area contributed by atoms with E-state index in [1.807, 2.05) is 32.0 Å². The standard InChI is InChI=1S/C20H19ClN4O2/c1-3-15-19(25-10-14(21)5-7-17(25)23-15)20(27)22-11(2)12-4-6-16-13(8-12)9-18(26)24-16/h4-8,10-11H,3,9H2,1-2H3,(H,22,27)(H,24,26). The van der Waals surface area contributed by atoms with Crippen LogP contribution in [0.5, 0.6) is 0 Å². The first kappa shape index (κ1) is 17.5. The van der Waals surface area contributed by atoms with E-state index in [2.05, 4.69) is 15.6 Å². The van der Waals surface area contributed by atoms with Crippen molar-refractivity contribution in [1.82, 2.24) is 14.7 Å². The number of imidazole rings is 1.